The average Bonchev–Trinajstić information content (AvgIpc) is 3.36. The minimum atomic E-state index is -1.89. The van der Waals surface area contributed by atoms with Crippen molar-refractivity contribution in [1.82, 2.24) is 0 Å². The number of carboxylic acids is 1. The third kappa shape index (κ3) is 5.09. The summed E-state index contributed by atoms with van der Waals surface area (Å²) in [5, 5.41) is 19.1. The number of aromatic hydroxyl groups is 1. The summed E-state index contributed by atoms with van der Waals surface area (Å²) in [5.74, 6) is -0.602. The van der Waals surface area contributed by atoms with Gasteiger partial charge in [-0.25, -0.2) is 9.59 Å². The van der Waals surface area contributed by atoms with E-state index in [0.29, 0.717) is 22.1 Å². The Morgan fingerprint density at radius 3 is 2.06 bits per heavy atom. The minimum absolute atomic E-state index is 0.0544. The molecule has 4 rings (SSSR count). The first-order chi connectivity index (χ1) is 15.8. The summed E-state index contributed by atoms with van der Waals surface area (Å²) in [6, 6.07) is 9.87. The summed E-state index contributed by atoms with van der Waals surface area (Å²) in [7, 11) is -0.531. The number of carbonyl (C=O) groups excluding carboxylic acids is 1. The Morgan fingerprint density at radius 1 is 0.912 bits per heavy atom. The van der Waals surface area contributed by atoms with Crippen molar-refractivity contribution in [3.63, 3.8) is 0 Å². The van der Waals surface area contributed by atoms with Crippen LogP contribution in [0.15, 0.2) is 57.8 Å². The van der Waals surface area contributed by atoms with Gasteiger partial charge in [0.1, 0.15) is 46.3 Å². The van der Waals surface area contributed by atoms with Crippen LogP contribution in [0.2, 0.25) is 18.1 Å². The predicted molar refractivity (Wildman–Crippen MR) is 130 cm³/mol. The molecule has 0 saturated carbocycles. The Kier molecular flexibility index (Phi) is 6.79. The summed E-state index contributed by atoms with van der Waals surface area (Å²) < 4.78 is 21.4. The fraction of sp³-hybridized carbons (Fsp3) is 0.280. The molecule has 0 amide bonds. The monoisotopic (exact) mass is 484 g/mol. The van der Waals surface area contributed by atoms with Gasteiger partial charge in [-0.2, -0.15) is 0 Å². The standard InChI is InChI=1S/C16H22O4Si.C9H6O4/c1-16(2,3)21(5,6)20-11-7-8-12-13(15(17)18-4)10-19-14(12)9-11;10-5-1-2-6-7(9(11)12)4-13-8(6)3-5/h7-10H,1-6H3;1-4,10H,(H,11,12). The maximum absolute atomic E-state index is 11.6. The molecule has 2 N–H and O–H groups in total. The molecule has 2 heterocycles. The van der Waals surface area contributed by atoms with Crippen LogP contribution in [0.25, 0.3) is 21.9 Å². The van der Waals surface area contributed by atoms with E-state index in [9.17, 15) is 9.59 Å². The number of phenols is 1. The maximum atomic E-state index is 11.6. The molecule has 0 fully saturated rings. The Hall–Kier alpha value is -3.72. The molecule has 0 spiro atoms. The highest BCUT2D eigenvalue weighted by Gasteiger charge is 2.39. The number of phenolic OH excluding ortho intramolecular Hbond substituents is 1. The molecule has 4 aromatic rings. The van der Waals surface area contributed by atoms with Crippen LogP contribution in [0.4, 0.5) is 0 Å². The summed E-state index contributed by atoms with van der Waals surface area (Å²) in [6.07, 6.45) is 2.58. The summed E-state index contributed by atoms with van der Waals surface area (Å²) in [4.78, 5) is 22.3. The van der Waals surface area contributed by atoms with Crippen LogP contribution in [0.3, 0.4) is 0 Å². The van der Waals surface area contributed by atoms with Crippen LogP contribution in [0.5, 0.6) is 11.5 Å². The van der Waals surface area contributed by atoms with Crippen molar-refractivity contribution in [1.29, 1.82) is 0 Å². The third-order valence-corrected chi connectivity index (χ3v) is 10.3. The molecule has 0 saturated heterocycles. The number of hydrogen-bond acceptors (Lipinski definition) is 7. The average molecular weight is 485 g/mol. The molecule has 9 heteroatoms. The number of methoxy groups -OCH3 is 1. The van der Waals surface area contributed by atoms with E-state index in [1.165, 1.54) is 31.6 Å². The van der Waals surface area contributed by atoms with E-state index in [1.54, 1.807) is 0 Å². The molecule has 2 aromatic heterocycles. The zero-order valence-corrected chi connectivity index (χ0v) is 21.0. The topological polar surface area (TPSA) is 119 Å². The quantitative estimate of drug-likeness (QED) is 0.251. The molecule has 34 heavy (non-hydrogen) atoms. The van der Waals surface area contributed by atoms with Crippen molar-refractivity contribution in [2.45, 2.75) is 38.9 Å². The number of carbonyl (C=O) groups is 2. The Labute approximate surface area is 197 Å². The molecule has 0 atom stereocenters. The van der Waals surface area contributed by atoms with Crippen LogP contribution in [0, 0.1) is 0 Å². The second-order valence-electron chi connectivity index (χ2n) is 9.30. The first-order valence-electron chi connectivity index (χ1n) is 10.6. The number of esters is 1. The van der Waals surface area contributed by atoms with E-state index in [-0.39, 0.29) is 16.4 Å². The van der Waals surface area contributed by atoms with Crippen molar-refractivity contribution >= 4 is 42.2 Å². The number of rotatable bonds is 4. The molecule has 0 aliphatic carbocycles. The van der Waals surface area contributed by atoms with Gasteiger partial charge in [-0.3, -0.25) is 0 Å². The molecule has 0 unspecified atom stereocenters. The lowest BCUT2D eigenvalue weighted by Gasteiger charge is -2.36. The van der Waals surface area contributed by atoms with Gasteiger partial charge in [-0.05, 0) is 42.4 Å². The van der Waals surface area contributed by atoms with E-state index < -0.39 is 20.3 Å². The number of benzene rings is 2. The van der Waals surface area contributed by atoms with Crippen LogP contribution in [-0.4, -0.2) is 37.6 Å². The first kappa shape index (κ1) is 24.9. The molecule has 0 bridgehead atoms. The normalized spacial score (nSPS) is 11.7. The van der Waals surface area contributed by atoms with Gasteiger partial charge in [0.05, 0.1) is 7.11 Å². The lowest BCUT2D eigenvalue weighted by Crippen LogP contribution is -2.43. The molecule has 0 radical (unpaired) electrons. The van der Waals surface area contributed by atoms with Gasteiger partial charge in [0.15, 0.2) is 0 Å². The zero-order valence-electron chi connectivity index (χ0n) is 20.0. The van der Waals surface area contributed by atoms with E-state index in [4.69, 9.17) is 28.2 Å². The van der Waals surface area contributed by atoms with Crippen molar-refractivity contribution in [2.24, 2.45) is 0 Å². The number of ether oxygens (including phenoxy) is 1. The third-order valence-electron chi connectivity index (χ3n) is 5.92. The lowest BCUT2D eigenvalue weighted by molar-refractivity contribution is 0.0601. The summed E-state index contributed by atoms with van der Waals surface area (Å²) in [5.41, 5.74) is 1.55. The number of furan rings is 2. The fourth-order valence-electron chi connectivity index (χ4n) is 2.97. The summed E-state index contributed by atoms with van der Waals surface area (Å²) in [6.45, 7) is 11.0. The van der Waals surface area contributed by atoms with E-state index >= 15 is 0 Å². The Bertz CT molecular complexity index is 1340. The number of aromatic carboxylic acids is 1. The largest absolute Gasteiger partial charge is 0.543 e. The van der Waals surface area contributed by atoms with Crippen LogP contribution < -0.4 is 4.43 Å². The van der Waals surface area contributed by atoms with E-state index in [1.807, 2.05) is 18.2 Å². The highest BCUT2D eigenvalue weighted by atomic mass is 28.4. The molecule has 2 aromatic carbocycles. The highest BCUT2D eigenvalue weighted by Crippen LogP contribution is 2.38. The SMILES string of the molecule is COC(=O)c1coc2cc(O[Si](C)(C)C(C)(C)C)ccc12.O=C(O)c1coc2cc(O)ccc12. The smallest absolute Gasteiger partial charge is 0.341 e. The fourth-order valence-corrected chi connectivity index (χ4v) is 3.99. The molecular formula is C25H28O8Si. The van der Waals surface area contributed by atoms with Gasteiger partial charge in [0.25, 0.3) is 0 Å². The Morgan fingerprint density at radius 2 is 1.47 bits per heavy atom. The molecular weight excluding hydrogens is 456 g/mol. The van der Waals surface area contributed by atoms with Gasteiger partial charge in [-0.15, -0.1) is 0 Å². The van der Waals surface area contributed by atoms with E-state index in [2.05, 4.69) is 33.9 Å². The Balaban J connectivity index is 0.000000212. The number of hydrogen-bond donors (Lipinski definition) is 2. The second-order valence-corrected chi connectivity index (χ2v) is 14.0. The van der Waals surface area contributed by atoms with E-state index in [0.717, 1.165) is 17.4 Å². The van der Waals surface area contributed by atoms with Gasteiger partial charge in [-0.1, -0.05) is 20.8 Å². The molecule has 180 valence electrons. The van der Waals surface area contributed by atoms with Gasteiger partial charge >= 0.3 is 11.9 Å². The van der Waals surface area contributed by atoms with Crippen molar-refractivity contribution in [2.75, 3.05) is 7.11 Å². The minimum Gasteiger partial charge on any atom is -0.543 e. The first-order valence-corrected chi connectivity index (χ1v) is 13.5. The second kappa shape index (κ2) is 9.26. The van der Waals surface area contributed by atoms with Gasteiger partial charge in [0.2, 0.25) is 8.32 Å². The molecule has 0 aliphatic rings. The highest BCUT2D eigenvalue weighted by molar-refractivity contribution is 6.74. The molecule has 8 nitrogen and oxygen atoms in total. The number of carboxylic acid groups (broad SMARTS) is 1. The van der Waals surface area contributed by atoms with Crippen LogP contribution in [0.1, 0.15) is 41.5 Å². The predicted octanol–water partition coefficient (Wildman–Crippen LogP) is 6.44. The van der Waals surface area contributed by atoms with Crippen molar-refractivity contribution in [3.05, 3.63) is 60.1 Å². The van der Waals surface area contributed by atoms with Crippen LogP contribution in [-0.2, 0) is 4.74 Å². The van der Waals surface area contributed by atoms with Crippen LogP contribution >= 0.6 is 0 Å². The lowest BCUT2D eigenvalue weighted by atomic mass is 10.2. The number of fused-ring (bicyclic) bond motifs is 2. The maximum Gasteiger partial charge on any atom is 0.341 e. The van der Waals surface area contributed by atoms with Gasteiger partial charge < -0.3 is 28.2 Å². The zero-order chi connectivity index (χ0) is 25.3. The van der Waals surface area contributed by atoms with Crippen molar-refractivity contribution < 1.29 is 37.8 Å². The van der Waals surface area contributed by atoms with Crippen molar-refractivity contribution in [3.8, 4) is 11.5 Å². The van der Waals surface area contributed by atoms with Gasteiger partial charge in [0, 0.05) is 22.9 Å². The molecule has 0 aliphatic heterocycles. The summed E-state index contributed by atoms with van der Waals surface area (Å²) >= 11 is 0.